The molecule has 10 heterocycles. The van der Waals surface area contributed by atoms with Crippen LogP contribution in [0.15, 0.2) is 215 Å². The molecule has 686 valence electrons. The lowest BCUT2D eigenvalue weighted by atomic mass is 9.87. The van der Waals surface area contributed by atoms with Crippen LogP contribution in [0.25, 0.3) is 5.65 Å². The van der Waals surface area contributed by atoms with E-state index in [1.165, 1.54) is 27.9 Å². The first-order valence-corrected chi connectivity index (χ1v) is 44.9. The third-order valence-corrected chi connectivity index (χ3v) is 15.1. The lowest BCUT2D eigenvalue weighted by Gasteiger charge is -2.20. The Balaban J connectivity index is -0.000000193. The van der Waals surface area contributed by atoms with Crippen LogP contribution in [0, 0.1) is 6.92 Å². The second-order valence-electron chi connectivity index (χ2n) is 35.4. The molecule has 0 bridgehead atoms. The Hall–Kier alpha value is -9.31. The number of pyridine rings is 3. The molecule has 11 aromatic rings. The molecule has 0 saturated heterocycles. The molecule has 0 saturated carbocycles. The highest BCUT2D eigenvalue weighted by Gasteiger charge is 2.21. The largest absolute Gasteiger partial charge is 0.265 e. The highest BCUT2D eigenvalue weighted by Crippen LogP contribution is 2.27. The van der Waals surface area contributed by atoms with Crippen molar-refractivity contribution in [2.75, 3.05) is 0 Å². The van der Waals surface area contributed by atoms with Crippen LogP contribution in [-0.2, 0) is 54.1 Å². The van der Waals surface area contributed by atoms with Gasteiger partial charge in [0.25, 0.3) is 0 Å². The maximum Gasteiger partial charge on any atom is 0.155 e. The zero-order valence-electron chi connectivity index (χ0n) is 87.4. The van der Waals surface area contributed by atoms with Gasteiger partial charge in [-0.05, 0) is 112 Å². The van der Waals surface area contributed by atoms with Crippen molar-refractivity contribution in [3.05, 3.63) is 277 Å². The first kappa shape index (κ1) is 128. The lowest BCUT2D eigenvalue weighted by molar-refractivity contribution is 0.545. The maximum atomic E-state index is 4.41. The van der Waals surface area contributed by atoms with E-state index in [9.17, 15) is 0 Å². The summed E-state index contributed by atoms with van der Waals surface area (Å²) in [7, 11) is 0. The molecule has 10 aromatic heterocycles. The lowest BCUT2D eigenvalue weighted by Crippen LogP contribution is -2.17. The molecule has 16 heteroatoms. The van der Waals surface area contributed by atoms with Crippen LogP contribution >= 0.6 is 0 Å². The molecule has 0 spiro atoms. The van der Waals surface area contributed by atoms with Crippen molar-refractivity contribution in [2.45, 2.75) is 393 Å². The molecule has 122 heavy (non-hydrogen) atoms. The average molecular weight is 1680 g/mol. The van der Waals surface area contributed by atoms with Gasteiger partial charge >= 0.3 is 0 Å². The van der Waals surface area contributed by atoms with E-state index in [-0.39, 0.29) is 48.7 Å². The van der Waals surface area contributed by atoms with E-state index in [1.807, 2.05) is 222 Å². The first-order valence-electron chi connectivity index (χ1n) is 44.9. The summed E-state index contributed by atoms with van der Waals surface area (Å²) >= 11 is 0. The van der Waals surface area contributed by atoms with Crippen molar-refractivity contribution in [1.82, 2.24) is 79.6 Å². The van der Waals surface area contributed by atoms with Crippen LogP contribution in [-0.4, -0.2) is 79.6 Å². The normalized spacial score (nSPS) is 10.3. The molecule has 0 aliphatic carbocycles. The zero-order chi connectivity index (χ0) is 96.9. The van der Waals surface area contributed by atoms with Crippen LogP contribution < -0.4 is 0 Å². The van der Waals surface area contributed by atoms with Crippen LogP contribution in [0.4, 0.5) is 0 Å². The van der Waals surface area contributed by atoms with Crippen molar-refractivity contribution in [3.63, 3.8) is 0 Å². The fourth-order valence-corrected chi connectivity index (χ4v) is 8.47. The van der Waals surface area contributed by atoms with Gasteiger partial charge in [-0.15, -0.1) is 0 Å². The summed E-state index contributed by atoms with van der Waals surface area (Å²) in [4.78, 5) is 49.0. The minimum atomic E-state index is 0.0707. The monoisotopic (exact) mass is 1680 g/mol. The maximum absolute atomic E-state index is 4.41. The van der Waals surface area contributed by atoms with E-state index < -0.39 is 0 Å². The first-order chi connectivity index (χ1) is 56.9. The van der Waals surface area contributed by atoms with Gasteiger partial charge in [0, 0.05) is 142 Å². The number of rotatable bonds is 0. The summed E-state index contributed by atoms with van der Waals surface area (Å²) in [6, 6.07) is 36.5. The second kappa shape index (κ2) is 70.1. The number of hydrogen-bond donors (Lipinski definition) is 0. The third kappa shape index (κ3) is 63.6. The van der Waals surface area contributed by atoms with Gasteiger partial charge in [-0.3, -0.25) is 24.9 Å². The minimum absolute atomic E-state index is 0.0707. The van der Waals surface area contributed by atoms with Crippen LogP contribution in [0.3, 0.4) is 0 Å². The van der Waals surface area contributed by atoms with E-state index in [1.54, 1.807) is 68.4 Å². The second-order valence-corrected chi connectivity index (χ2v) is 35.4. The Morgan fingerprint density at radius 3 is 0.926 bits per heavy atom. The summed E-state index contributed by atoms with van der Waals surface area (Å²) in [6.45, 7) is 103. The molecule has 0 atom stereocenters. The van der Waals surface area contributed by atoms with Crippen LogP contribution in [0.5, 0.6) is 0 Å². The average Bonchev–Trinajstić information content (AvgIpc) is 1.67. The van der Waals surface area contributed by atoms with Gasteiger partial charge in [0.15, 0.2) is 5.65 Å². The molecule has 11 rings (SSSR count). The number of benzene rings is 1. The molecular formula is C106H182N16. The Bertz CT molecular complexity index is 3300. The van der Waals surface area contributed by atoms with E-state index in [4.69, 9.17) is 0 Å². The van der Waals surface area contributed by atoms with E-state index >= 15 is 0 Å². The number of nitrogens with zero attached hydrogens (tertiary/aromatic N) is 16. The number of fused-ring (bicyclic) bond motifs is 1. The van der Waals surface area contributed by atoms with E-state index in [2.05, 4.69) is 343 Å². The van der Waals surface area contributed by atoms with Crippen molar-refractivity contribution in [1.29, 1.82) is 0 Å². The quantitative estimate of drug-likeness (QED) is 0.139. The van der Waals surface area contributed by atoms with Gasteiger partial charge in [0.1, 0.15) is 18.5 Å². The fourth-order valence-electron chi connectivity index (χ4n) is 8.47. The fraction of sp³-hybridized carbons (Fsp3) is 0.557. The highest BCUT2D eigenvalue weighted by molar-refractivity contribution is 5.40. The summed E-state index contributed by atoms with van der Waals surface area (Å²) in [5.41, 5.74) is 14.3. The number of aryl methyl sites for hydroxylation is 1. The molecule has 0 fully saturated rings. The van der Waals surface area contributed by atoms with Gasteiger partial charge in [-0.25, -0.2) is 39.4 Å². The highest BCUT2D eigenvalue weighted by atomic mass is 15.3. The summed E-state index contributed by atoms with van der Waals surface area (Å²) in [6.07, 6.45) is 30.1. The molecule has 1 aromatic carbocycles. The van der Waals surface area contributed by atoms with Crippen molar-refractivity contribution in [3.8, 4) is 0 Å². The smallest absolute Gasteiger partial charge is 0.155 e. The molecule has 16 nitrogen and oxygen atoms in total. The van der Waals surface area contributed by atoms with Gasteiger partial charge in [0.05, 0.1) is 23.3 Å². The molecular weight excluding hydrogens is 1500 g/mol. The SMILES string of the molecule is CC.CC.CC.CC.CC.CC.CC.CC.CC.CC(C)(C)c1ccccc1.CC(C)(C)c1ccccn1.CC(C)(C)c1cccnc1.CC(C)(C)c1cccnn1.CC(C)(C)c1ccncc1.CC(C)(C)c1ccncn1.CC(C)(C)c1cnccn1.CC(C)(C)c1cncnc1.CC(C)(C)c1ncccn1.Cc1cc(C(C)(C)C)n2nccc2n1. The van der Waals surface area contributed by atoms with Gasteiger partial charge < -0.3 is 0 Å². The Labute approximate surface area is 751 Å². The van der Waals surface area contributed by atoms with Gasteiger partial charge in [-0.2, -0.15) is 15.3 Å². The summed E-state index contributed by atoms with van der Waals surface area (Å²) < 4.78 is 1.91. The molecule has 0 N–H and O–H groups in total. The Kier molecular flexibility index (Phi) is 73.7. The Morgan fingerprint density at radius 2 is 0.631 bits per heavy atom. The van der Waals surface area contributed by atoms with Crippen molar-refractivity contribution < 1.29 is 0 Å². The zero-order valence-corrected chi connectivity index (χ0v) is 87.4. The molecule has 0 aliphatic heterocycles. The van der Waals surface area contributed by atoms with Crippen LogP contribution in [0.2, 0.25) is 0 Å². The number of aromatic nitrogens is 16. The Morgan fingerprint density at radius 1 is 0.238 bits per heavy atom. The van der Waals surface area contributed by atoms with E-state index in [0.29, 0.717) is 5.41 Å². The van der Waals surface area contributed by atoms with Crippen molar-refractivity contribution in [2.24, 2.45) is 0 Å². The van der Waals surface area contributed by atoms with Crippen molar-refractivity contribution >= 4 is 5.65 Å². The predicted octanol–water partition coefficient (Wildman–Crippen LogP) is 30.6. The topological polar surface area (TPSA) is 198 Å². The molecule has 0 radical (unpaired) electrons. The van der Waals surface area contributed by atoms with Crippen LogP contribution in [0.1, 0.15) is 395 Å². The molecule has 0 aliphatic rings. The van der Waals surface area contributed by atoms with Gasteiger partial charge in [-0.1, -0.05) is 375 Å². The predicted molar refractivity (Wildman–Crippen MR) is 536 cm³/mol. The number of hydrogen-bond acceptors (Lipinski definition) is 15. The third-order valence-electron chi connectivity index (χ3n) is 15.1. The van der Waals surface area contributed by atoms with E-state index in [0.717, 1.165) is 39.9 Å². The molecule has 0 amide bonds. The standard InChI is InChI=1S/C11H15N3.C10H14.3C9H13N.5C8H12N2.9C2H6/c1-8-7-9(11(2,3)4)14-10(13-8)5-6-12-14;1-10(2,3)9-7-5-4-6-8-9;1-9(2,3)8-4-6-10-7-5-8;1-9(2,3)8-5-4-6-10-7-8;1-9(2,3)8-6-4-5-7-10-8;1-8(2,3)7-4-9-6-10-5-7;1-8(2,3)7-6-9-4-5-10-7;1-8(2,3)7-4-5-9-6-10-7;1-8(2,3)7-9-5-4-6-10-7;1-8(2,3)7-5-4-6-9-10-7;9*1-2/h5-7H,1-4H3;4-8H,1-3H3;3*4-7H,1-3H3;5*4-6H,1-3H3;9*1-2H3. The van der Waals surface area contributed by atoms with Gasteiger partial charge in [0.2, 0.25) is 0 Å². The minimum Gasteiger partial charge on any atom is -0.265 e. The summed E-state index contributed by atoms with van der Waals surface area (Å²) in [5.74, 6) is 0.898. The molecule has 0 unspecified atom stereocenters. The summed E-state index contributed by atoms with van der Waals surface area (Å²) in [5, 5.41) is 12.1.